The number of nitrogens with one attached hydrogen (secondary N) is 1. The maximum absolute atomic E-state index is 12.1. The summed E-state index contributed by atoms with van der Waals surface area (Å²) in [5.74, 6) is -0.0443. The number of benzene rings is 1. The van der Waals surface area contributed by atoms with E-state index >= 15 is 0 Å². The van der Waals surface area contributed by atoms with Gasteiger partial charge in [0.15, 0.2) is 0 Å². The van der Waals surface area contributed by atoms with E-state index in [1.165, 1.54) is 0 Å². The summed E-state index contributed by atoms with van der Waals surface area (Å²) in [6, 6.07) is 7.34. The summed E-state index contributed by atoms with van der Waals surface area (Å²) in [6.45, 7) is 2.15. The fourth-order valence-electron chi connectivity index (χ4n) is 1.85. The highest BCUT2D eigenvalue weighted by Gasteiger charge is 2.28. The van der Waals surface area contributed by atoms with Crippen LogP contribution in [0.1, 0.15) is 12.5 Å². The van der Waals surface area contributed by atoms with Crippen molar-refractivity contribution in [1.29, 1.82) is 0 Å². The zero-order chi connectivity index (χ0) is 15.0. The Labute approximate surface area is 122 Å². The van der Waals surface area contributed by atoms with Crippen LogP contribution in [0.5, 0.6) is 0 Å². The van der Waals surface area contributed by atoms with E-state index in [2.05, 4.69) is 5.32 Å². The molecule has 20 heavy (non-hydrogen) atoms. The van der Waals surface area contributed by atoms with Gasteiger partial charge in [-0.1, -0.05) is 36.7 Å². The molecule has 0 saturated carbocycles. The lowest BCUT2D eigenvalue weighted by Gasteiger charge is -2.19. The summed E-state index contributed by atoms with van der Waals surface area (Å²) in [5.41, 5.74) is 0.924. The smallest absolute Gasteiger partial charge is 0.372 e. The van der Waals surface area contributed by atoms with Crippen LogP contribution in [0.25, 0.3) is 0 Å². The first-order valence-electron chi connectivity index (χ1n) is 6.51. The minimum absolute atomic E-state index is 0.0443. The number of halogens is 4. The molecule has 1 atom stereocenters. The molecule has 1 rings (SSSR count). The lowest BCUT2D eigenvalue weighted by Crippen LogP contribution is -2.29. The molecule has 0 spiro atoms. The molecule has 114 valence electrons. The summed E-state index contributed by atoms with van der Waals surface area (Å²) in [6.07, 6.45) is -3.70. The molecular formula is C14H19ClF3NO. The summed E-state index contributed by atoms with van der Waals surface area (Å²) in [4.78, 5) is 0. The van der Waals surface area contributed by atoms with Crippen LogP contribution in [0.3, 0.4) is 0 Å². The summed E-state index contributed by atoms with van der Waals surface area (Å²) in [7, 11) is 0. The Balaban J connectivity index is 2.53. The zero-order valence-corrected chi connectivity index (χ0v) is 12.1. The van der Waals surface area contributed by atoms with Crippen molar-refractivity contribution >= 4 is 11.6 Å². The molecule has 0 amide bonds. The summed E-state index contributed by atoms with van der Waals surface area (Å²) >= 11 is 6.07. The molecule has 0 aliphatic rings. The first kappa shape index (κ1) is 17.3. The van der Waals surface area contributed by atoms with Gasteiger partial charge in [0.2, 0.25) is 0 Å². The predicted octanol–water partition coefficient (Wildman–Crippen LogP) is 3.69. The van der Waals surface area contributed by atoms with Gasteiger partial charge in [0.1, 0.15) is 6.61 Å². The van der Waals surface area contributed by atoms with E-state index in [0.717, 1.165) is 12.1 Å². The van der Waals surface area contributed by atoms with Gasteiger partial charge in [-0.25, -0.2) is 0 Å². The quantitative estimate of drug-likeness (QED) is 0.791. The Hall–Kier alpha value is -0.780. The van der Waals surface area contributed by atoms with E-state index in [1.807, 2.05) is 25.1 Å². The van der Waals surface area contributed by atoms with E-state index in [-0.39, 0.29) is 12.5 Å². The molecule has 0 saturated heterocycles. The molecule has 0 radical (unpaired) electrons. The second-order valence-corrected chi connectivity index (χ2v) is 5.01. The third kappa shape index (κ3) is 7.12. The van der Waals surface area contributed by atoms with Crippen LogP contribution in [-0.4, -0.2) is 32.5 Å². The van der Waals surface area contributed by atoms with Crippen LogP contribution in [-0.2, 0) is 11.2 Å². The monoisotopic (exact) mass is 309 g/mol. The second-order valence-electron chi connectivity index (χ2n) is 4.60. The third-order valence-electron chi connectivity index (χ3n) is 2.77. The van der Waals surface area contributed by atoms with Gasteiger partial charge >= 0.3 is 6.18 Å². The van der Waals surface area contributed by atoms with Crippen LogP contribution in [0.2, 0.25) is 5.02 Å². The highest BCUT2D eigenvalue weighted by atomic mass is 35.5. The van der Waals surface area contributed by atoms with Crippen LogP contribution in [0, 0.1) is 5.92 Å². The molecule has 2 nitrogen and oxygen atoms in total. The standard InChI is InChI=1S/C14H19ClF3NO/c1-2-19-8-11(9-20-10-14(16,17)18)7-12-5-3-4-6-13(12)15/h3-6,11,19H,2,7-10H2,1H3. The van der Waals surface area contributed by atoms with Gasteiger partial charge < -0.3 is 10.1 Å². The molecule has 1 aromatic rings. The van der Waals surface area contributed by atoms with E-state index in [1.54, 1.807) is 6.07 Å². The van der Waals surface area contributed by atoms with Crippen LogP contribution < -0.4 is 5.32 Å². The van der Waals surface area contributed by atoms with Crippen LogP contribution >= 0.6 is 11.6 Å². The van der Waals surface area contributed by atoms with Gasteiger partial charge in [0.05, 0.1) is 6.61 Å². The summed E-state index contributed by atoms with van der Waals surface area (Å²) < 4.78 is 41.0. The number of ether oxygens (including phenoxy) is 1. The Morgan fingerprint density at radius 1 is 1.30 bits per heavy atom. The van der Waals surface area contributed by atoms with Gasteiger partial charge in [0, 0.05) is 11.6 Å². The number of rotatable bonds is 8. The Bertz CT molecular complexity index is 398. The molecule has 1 aromatic carbocycles. The highest BCUT2D eigenvalue weighted by molar-refractivity contribution is 6.31. The maximum Gasteiger partial charge on any atom is 0.411 e. The topological polar surface area (TPSA) is 21.3 Å². The fourth-order valence-corrected chi connectivity index (χ4v) is 2.07. The van der Waals surface area contributed by atoms with Gasteiger partial charge in [-0.15, -0.1) is 0 Å². The molecule has 0 aromatic heterocycles. The first-order valence-corrected chi connectivity index (χ1v) is 6.88. The number of alkyl halides is 3. The lowest BCUT2D eigenvalue weighted by molar-refractivity contribution is -0.176. The molecule has 0 bridgehead atoms. The molecule has 0 aliphatic carbocycles. The minimum Gasteiger partial charge on any atom is -0.372 e. The van der Waals surface area contributed by atoms with Crippen molar-refractivity contribution in [2.75, 3.05) is 26.3 Å². The van der Waals surface area contributed by atoms with Crippen LogP contribution in [0.4, 0.5) is 13.2 Å². The van der Waals surface area contributed by atoms with Gasteiger partial charge in [0.25, 0.3) is 0 Å². The van der Waals surface area contributed by atoms with E-state index in [9.17, 15) is 13.2 Å². The fraction of sp³-hybridized carbons (Fsp3) is 0.571. The first-order chi connectivity index (χ1) is 9.42. The van der Waals surface area contributed by atoms with Crippen LogP contribution in [0.15, 0.2) is 24.3 Å². The molecule has 1 N–H and O–H groups in total. The summed E-state index contributed by atoms with van der Waals surface area (Å²) in [5, 5.41) is 3.76. The molecule has 0 heterocycles. The Morgan fingerprint density at radius 3 is 2.60 bits per heavy atom. The molecule has 0 aliphatic heterocycles. The SMILES string of the molecule is CCNCC(COCC(F)(F)F)Cc1ccccc1Cl. The number of hydrogen-bond acceptors (Lipinski definition) is 2. The zero-order valence-electron chi connectivity index (χ0n) is 11.3. The van der Waals surface area contributed by atoms with Crippen molar-refractivity contribution in [3.05, 3.63) is 34.9 Å². The number of hydrogen-bond donors (Lipinski definition) is 1. The molecule has 1 unspecified atom stereocenters. The Morgan fingerprint density at radius 2 is 2.00 bits per heavy atom. The normalized spacial score (nSPS) is 13.4. The van der Waals surface area contributed by atoms with E-state index in [4.69, 9.17) is 16.3 Å². The predicted molar refractivity (Wildman–Crippen MR) is 74.1 cm³/mol. The van der Waals surface area contributed by atoms with Gasteiger partial charge in [-0.2, -0.15) is 13.2 Å². The van der Waals surface area contributed by atoms with Crippen molar-refractivity contribution in [1.82, 2.24) is 5.32 Å². The van der Waals surface area contributed by atoms with E-state index in [0.29, 0.717) is 18.0 Å². The lowest BCUT2D eigenvalue weighted by atomic mass is 10.00. The van der Waals surface area contributed by atoms with Crippen molar-refractivity contribution in [2.45, 2.75) is 19.5 Å². The third-order valence-corrected chi connectivity index (χ3v) is 3.14. The highest BCUT2D eigenvalue weighted by Crippen LogP contribution is 2.20. The Kier molecular flexibility index (Phi) is 7.34. The average Bonchev–Trinajstić information content (AvgIpc) is 2.36. The van der Waals surface area contributed by atoms with Gasteiger partial charge in [-0.05, 0) is 30.5 Å². The largest absolute Gasteiger partial charge is 0.411 e. The van der Waals surface area contributed by atoms with Crippen molar-refractivity contribution in [3.63, 3.8) is 0 Å². The molecule has 0 fully saturated rings. The van der Waals surface area contributed by atoms with E-state index < -0.39 is 12.8 Å². The van der Waals surface area contributed by atoms with Gasteiger partial charge in [-0.3, -0.25) is 0 Å². The molecular weight excluding hydrogens is 291 g/mol. The molecule has 6 heteroatoms. The average molecular weight is 310 g/mol. The van der Waals surface area contributed by atoms with Crippen molar-refractivity contribution in [2.24, 2.45) is 5.92 Å². The maximum atomic E-state index is 12.1. The second kappa shape index (κ2) is 8.49. The van der Waals surface area contributed by atoms with Crippen molar-refractivity contribution < 1.29 is 17.9 Å². The minimum atomic E-state index is -4.28. The van der Waals surface area contributed by atoms with Crippen molar-refractivity contribution in [3.8, 4) is 0 Å².